The quantitative estimate of drug-likeness (QED) is 0.708. The monoisotopic (exact) mass is 319 g/mol. The number of anilines is 1. The topological polar surface area (TPSA) is 12.5 Å². The molecule has 1 aliphatic carbocycles. The van der Waals surface area contributed by atoms with Gasteiger partial charge in [0.25, 0.3) is 0 Å². The molecule has 24 heavy (non-hydrogen) atoms. The lowest BCUT2D eigenvalue weighted by Gasteiger charge is -2.21. The number of nitrogens with zero attached hydrogens (tertiary/aromatic N) is 1. The van der Waals surface area contributed by atoms with E-state index >= 15 is 0 Å². The van der Waals surface area contributed by atoms with Crippen LogP contribution in [-0.4, -0.2) is 20.2 Å². The summed E-state index contributed by atoms with van der Waals surface area (Å²) in [6, 6.07) is 16.0. The van der Waals surface area contributed by atoms with Gasteiger partial charge in [0.1, 0.15) is 5.75 Å². The average Bonchev–Trinajstić information content (AvgIpc) is 3.19. The zero-order chi connectivity index (χ0) is 16.7. The fraction of sp³-hybridized carbons (Fsp3) is 0.364. The second-order valence-electron chi connectivity index (χ2n) is 7.09. The van der Waals surface area contributed by atoms with Crippen LogP contribution in [0.25, 0.3) is 11.6 Å². The second kappa shape index (κ2) is 6.01. The van der Waals surface area contributed by atoms with Crippen molar-refractivity contribution in [1.29, 1.82) is 0 Å². The molecular weight excluding hydrogens is 294 g/mol. The Balaban J connectivity index is 1.64. The number of hydrogen-bond donors (Lipinski definition) is 0. The van der Waals surface area contributed by atoms with Gasteiger partial charge in [0.2, 0.25) is 0 Å². The maximum atomic E-state index is 5.24. The Labute approximate surface area is 144 Å². The van der Waals surface area contributed by atoms with Gasteiger partial charge in [-0.1, -0.05) is 30.7 Å². The minimum absolute atomic E-state index is 0.724. The zero-order valence-electron chi connectivity index (χ0n) is 14.8. The number of hydrogen-bond acceptors (Lipinski definition) is 2. The highest BCUT2D eigenvalue weighted by molar-refractivity contribution is 5.81. The van der Waals surface area contributed by atoms with Crippen LogP contribution in [0.5, 0.6) is 5.75 Å². The molecule has 2 atom stereocenters. The maximum absolute atomic E-state index is 5.24. The van der Waals surface area contributed by atoms with Gasteiger partial charge in [0, 0.05) is 24.7 Å². The standard InChI is InChI=1S/C22H25NO/c1-15(17-8-10-18(24-3)11-9-17)13-16-7-12-22-20(14-16)19-5-4-6-21(19)23(22)2/h7-14,19,21H,4-6H2,1-3H3. The van der Waals surface area contributed by atoms with E-state index in [0.29, 0.717) is 0 Å². The molecule has 0 aromatic heterocycles. The van der Waals surface area contributed by atoms with E-state index in [-0.39, 0.29) is 0 Å². The molecule has 2 aromatic carbocycles. The molecule has 2 aliphatic rings. The van der Waals surface area contributed by atoms with E-state index in [1.54, 1.807) is 12.7 Å². The second-order valence-corrected chi connectivity index (χ2v) is 7.09. The van der Waals surface area contributed by atoms with Crippen molar-refractivity contribution >= 4 is 17.3 Å². The highest BCUT2D eigenvalue weighted by Gasteiger charge is 2.39. The van der Waals surface area contributed by atoms with Crippen molar-refractivity contribution < 1.29 is 4.74 Å². The highest BCUT2D eigenvalue weighted by Crippen LogP contribution is 2.48. The van der Waals surface area contributed by atoms with Gasteiger partial charge in [-0.3, -0.25) is 0 Å². The van der Waals surface area contributed by atoms with E-state index in [9.17, 15) is 0 Å². The molecule has 1 heterocycles. The Morgan fingerprint density at radius 2 is 1.92 bits per heavy atom. The summed E-state index contributed by atoms with van der Waals surface area (Å²) in [5.74, 6) is 1.64. The number of benzene rings is 2. The molecule has 0 saturated heterocycles. The number of likely N-dealkylation sites (N-methyl/N-ethyl adjacent to an activating group) is 1. The zero-order valence-corrected chi connectivity index (χ0v) is 14.8. The maximum Gasteiger partial charge on any atom is 0.118 e. The number of methoxy groups -OCH3 is 1. The van der Waals surface area contributed by atoms with Crippen LogP contribution in [-0.2, 0) is 0 Å². The molecule has 4 rings (SSSR count). The summed E-state index contributed by atoms with van der Waals surface area (Å²) in [6.07, 6.45) is 6.34. The van der Waals surface area contributed by atoms with Gasteiger partial charge in [-0.25, -0.2) is 0 Å². The smallest absolute Gasteiger partial charge is 0.118 e. The van der Waals surface area contributed by atoms with E-state index in [0.717, 1.165) is 17.7 Å². The van der Waals surface area contributed by atoms with E-state index in [1.165, 1.54) is 41.6 Å². The van der Waals surface area contributed by atoms with Crippen LogP contribution < -0.4 is 9.64 Å². The third-order valence-corrected chi connectivity index (χ3v) is 5.74. The number of ether oxygens (including phenoxy) is 1. The lowest BCUT2D eigenvalue weighted by Crippen LogP contribution is -2.26. The van der Waals surface area contributed by atoms with Crippen molar-refractivity contribution in [2.24, 2.45) is 0 Å². The van der Waals surface area contributed by atoms with Gasteiger partial charge in [0.05, 0.1) is 7.11 Å². The molecule has 0 spiro atoms. The highest BCUT2D eigenvalue weighted by atomic mass is 16.5. The first-order valence-electron chi connectivity index (χ1n) is 8.87. The van der Waals surface area contributed by atoms with Crippen LogP contribution in [0, 0.1) is 0 Å². The molecule has 2 nitrogen and oxygen atoms in total. The lowest BCUT2D eigenvalue weighted by molar-refractivity contribution is 0.415. The molecule has 0 N–H and O–H groups in total. The van der Waals surface area contributed by atoms with Crippen molar-refractivity contribution in [1.82, 2.24) is 0 Å². The predicted octanol–water partition coefficient (Wildman–Crippen LogP) is 5.34. The summed E-state index contributed by atoms with van der Waals surface area (Å²) < 4.78 is 5.24. The lowest BCUT2D eigenvalue weighted by atomic mass is 9.95. The Morgan fingerprint density at radius 3 is 2.67 bits per heavy atom. The van der Waals surface area contributed by atoms with Crippen LogP contribution in [0.15, 0.2) is 42.5 Å². The Hall–Kier alpha value is -2.22. The van der Waals surface area contributed by atoms with Crippen LogP contribution >= 0.6 is 0 Å². The largest absolute Gasteiger partial charge is 0.497 e. The molecule has 124 valence electrons. The Kier molecular flexibility index (Phi) is 3.84. The van der Waals surface area contributed by atoms with Crippen LogP contribution in [0.1, 0.15) is 48.8 Å². The van der Waals surface area contributed by atoms with Crippen molar-refractivity contribution in [3.63, 3.8) is 0 Å². The Morgan fingerprint density at radius 1 is 1.12 bits per heavy atom. The normalized spacial score (nSPS) is 22.5. The van der Waals surface area contributed by atoms with Crippen LogP contribution in [0.3, 0.4) is 0 Å². The van der Waals surface area contributed by atoms with Crippen molar-refractivity contribution in [2.45, 2.75) is 38.1 Å². The first-order valence-corrected chi connectivity index (χ1v) is 8.87. The van der Waals surface area contributed by atoms with Crippen molar-refractivity contribution in [3.05, 3.63) is 59.2 Å². The SMILES string of the molecule is COc1ccc(C(C)=Cc2ccc3c(c2)C2CCCC2N3C)cc1. The minimum Gasteiger partial charge on any atom is -0.497 e. The van der Waals surface area contributed by atoms with Gasteiger partial charge < -0.3 is 9.64 Å². The fourth-order valence-electron chi connectivity index (χ4n) is 4.41. The van der Waals surface area contributed by atoms with Crippen LogP contribution in [0.2, 0.25) is 0 Å². The molecule has 1 aliphatic heterocycles. The first kappa shape index (κ1) is 15.3. The number of allylic oxidation sites excluding steroid dienone is 1. The first-order chi connectivity index (χ1) is 11.7. The average molecular weight is 319 g/mol. The molecule has 1 fully saturated rings. The molecule has 0 bridgehead atoms. The van der Waals surface area contributed by atoms with Gasteiger partial charge >= 0.3 is 0 Å². The molecule has 0 radical (unpaired) electrons. The van der Waals surface area contributed by atoms with E-state index in [1.807, 2.05) is 12.1 Å². The summed E-state index contributed by atoms with van der Waals surface area (Å²) >= 11 is 0. The third-order valence-electron chi connectivity index (χ3n) is 5.74. The Bertz CT molecular complexity index is 775. The van der Waals surface area contributed by atoms with Gasteiger partial charge in [-0.15, -0.1) is 0 Å². The van der Waals surface area contributed by atoms with E-state index in [4.69, 9.17) is 4.74 Å². The fourth-order valence-corrected chi connectivity index (χ4v) is 4.41. The molecule has 1 saturated carbocycles. The molecular formula is C22H25NO. The number of rotatable bonds is 3. The molecule has 2 heteroatoms. The van der Waals surface area contributed by atoms with Gasteiger partial charge in [-0.2, -0.15) is 0 Å². The van der Waals surface area contributed by atoms with E-state index < -0.39 is 0 Å². The summed E-state index contributed by atoms with van der Waals surface area (Å²) in [6.45, 7) is 2.18. The summed E-state index contributed by atoms with van der Waals surface area (Å²) in [5, 5.41) is 0. The minimum atomic E-state index is 0.724. The van der Waals surface area contributed by atoms with Gasteiger partial charge in [0.15, 0.2) is 0 Å². The van der Waals surface area contributed by atoms with E-state index in [2.05, 4.69) is 55.3 Å². The van der Waals surface area contributed by atoms with Crippen LogP contribution in [0.4, 0.5) is 5.69 Å². The van der Waals surface area contributed by atoms with Crippen molar-refractivity contribution in [2.75, 3.05) is 19.1 Å². The molecule has 2 aromatic rings. The molecule has 0 amide bonds. The van der Waals surface area contributed by atoms with Crippen molar-refractivity contribution in [3.8, 4) is 5.75 Å². The number of fused-ring (bicyclic) bond motifs is 3. The van der Waals surface area contributed by atoms with Gasteiger partial charge in [-0.05, 0) is 66.3 Å². The summed E-state index contributed by atoms with van der Waals surface area (Å²) in [4.78, 5) is 2.50. The molecule has 2 unspecified atom stereocenters. The summed E-state index contributed by atoms with van der Waals surface area (Å²) in [5.41, 5.74) is 6.82. The predicted molar refractivity (Wildman–Crippen MR) is 102 cm³/mol. The summed E-state index contributed by atoms with van der Waals surface area (Å²) in [7, 11) is 3.96. The third kappa shape index (κ3) is 2.50.